The van der Waals surface area contributed by atoms with E-state index in [1.807, 2.05) is 45.9 Å². The molecule has 0 atom stereocenters. The van der Waals surface area contributed by atoms with E-state index in [2.05, 4.69) is 10.6 Å². The highest BCUT2D eigenvalue weighted by molar-refractivity contribution is 5.72. The van der Waals surface area contributed by atoms with E-state index in [1.165, 1.54) is 0 Å². The molecule has 6 nitrogen and oxygen atoms in total. The summed E-state index contributed by atoms with van der Waals surface area (Å²) < 4.78 is 10.6. The number of nitrogens with one attached hydrogen (secondary N) is 2. The molecule has 1 aromatic rings. The lowest BCUT2D eigenvalue weighted by atomic mass is 10.2. The Bertz CT molecular complexity index is 484. The third-order valence-corrected chi connectivity index (χ3v) is 2.70. The van der Waals surface area contributed by atoms with Crippen LogP contribution in [0.5, 0.6) is 5.75 Å². The molecule has 0 saturated carbocycles. The van der Waals surface area contributed by atoms with Crippen LogP contribution in [-0.4, -0.2) is 31.4 Å². The molecule has 4 N–H and O–H groups in total. The lowest BCUT2D eigenvalue weighted by Gasteiger charge is -2.19. The molecular formula is C16H27N3O3. The van der Waals surface area contributed by atoms with Crippen LogP contribution in [0, 0.1) is 0 Å². The number of nitrogen functional groups attached to an aromatic ring is 1. The summed E-state index contributed by atoms with van der Waals surface area (Å²) in [6.45, 7) is 9.23. The van der Waals surface area contributed by atoms with Gasteiger partial charge in [-0.3, -0.25) is 0 Å². The van der Waals surface area contributed by atoms with Crippen molar-refractivity contribution in [2.45, 2.75) is 39.7 Å². The number of rotatable bonds is 7. The lowest BCUT2D eigenvalue weighted by molar-refractivity contribution is 0.0528. The molecule has 0 fully saturated rings. The summed E-state index contributed by atoms with van der Waals surface area (Å²) in [5.74, 6) is 0.680. The molecule has 0 aliphatic rings. The third kappa shape index (κ3) is 6.56. The quantitative estimate of drug-likeness (QED) is 0.532. The van der Waals surface area contributed by atoms with Crippen molar-refractivity contribution in [1.29, 1.82) is 0 Å². The van der Waals surface area contributed by atoms with Gasteiger partial charge in [0, 0.05) is 13.1 Å². The molecule has 0 heterocycles. The van der Waals surface area contributed by atoms with Gasteiger partial charge < -0.3 is 25.8 Å². The monoisotopic (exact) mass is 309 g/mol. The largest absolute Gasteiger partial charge is 0.492 e. The maximum atomic E-state index is 11.5. The molecule has 0 bridgehead atoms. The Balaban J connectivity index is 2.31. The van der Waals surface area contributed by atoms with Crippen LogP contribution in [0.15, 0.2) is 18.2 Å². The molecule has 1 amide bonds. The number of nitrogens with two attached hydrogens (primary N) is 1. The Kier molecular flexibility index (Phi) is 6.82. The minimum Gasteiger partial charge on any atom is -0.492 e. The van der Waals surface area contributed by atoms with E-state index in [4.69, 9.17) is 15.2 Å². The summed E-state index contributed by atoms with van der Waals surface area (Å²) in [5, 5.41) is 5.95. The van der Waals surface area contributed by atoms with E-state index in [1.54, 1.807) is 0 Å². The highest BCUT2D eigenvalue weighted by Crippen LogP contribution is 2.29. The van der Waals surface area contributed by atoms with Crippen molar-refractivity contribution in [3.8, 4) is 5.75 Å². The van der Waals surface area contributed by atoms with Crippen molar-refractivity contribution < 1.29 is 14.3 Å². The van der Waals surface area contributed by atoms with Gasteiger partial charge in [-0.1, -0.05) is 6.07 Å². The molecule has 1 aromatic carbocycles. The zero-order valence-electron chi connectivity index (χ0n) is 13.9. The zero-order chi connectivity index (χ0) is 16.6. The van der Waals surface area contributed by atoms with Gasteiger partial charge in [0.2, 0.25) is 0 Å². The smallest absolute Gasteiger partial charge is 0.407 e. The van der Waals surface area contributed by atoms with Gasteiger partial charge in [-0.25, -0.2) is 4.79 Å². The minimum atomic E-state index is -0.476. The predicted octanol–water partition coefficient (Wildman–Crippen LogP) is 2.99. The van der Waals surface area contributed by atoms with Crippen LogP contribution in [0.1, 0.15) is 34.1 Å². The highest BCUT2D eigenvalue weighted by Gasteiger charge is 2.15. The van der Waals surface area contributed by atoms with E-state index in [0.29, 0.717) is 31.1 Å². The van der Waals surface area contributed by atoms with Gasteiger partial charge in [0.05, 0.1) is 18.0 Å². The van der Waals surface area contributed by atoms with Gasteiger partial charge in [0.1, 0.15) is 11.4 Å². The molecule has 0 aromatic heterocycles. The molecule has 6 heteroatoms. The normalized spacial score (nSPS) is 10.9. The van der Waals surface area contributed by atoms with Gasteiger partial charge in [0.15, 0.2) is 0 Å². The maximum Gasteiger partial charge on any atom is 0.407 e. The van der Waals surface area contributed by atoms with Crippen molar-refractivity contribution in [2.75, 3.05) is 30.7 Å². The Hall–Kier alpha value is -2.11. The molecule has 0 saturated heterocycles. The van der Waals surface area contributed by atoms with Crippen LogP contribution < -0.4 is 21.1 Å². The summed E-state index contributed by atoms with van der Waals surface area (Å²) in [4.78, 5) is 11.5. The number of alkyl carbamates (subject to hydrolysis) is 1. The second kappa shape index (κ2) is 8.36. The van der Waals surface area contributed by atoms with Crippen molar-refractivity contribution in [2.24, 2.45) is 0 Å². The first-order valence-corrected chi connectivity index (χ1v) is 7.55. The Morgan fingerprint density at radius 3 is 2.64 bits per heavy atom. The lowest BCUT2D eigenvalue weighted by Crippen LogP contribution is -2.33. The summed E-state index contributed by atoms with van der Waals surface area (Å²) in [6.07, 6.45) is 0.364. The van der Waals surface area contributed by atoms with E-state index in [9.17, 15) is 4.79 Å². The fraction of sp³-hybridized carbons (Fsp3) is 0.562. The summed E-state index contributed by atoms with van der Waals surface area (Å²) >= 11 is 0. The summed E-state index contributed by atoms with van der Waals surface area (Å²) in [6, 6.07) is 5.63. The number of carbonyl (C=O) groups is 1. The number of benzene rings is 1. The Morgan fingerprint density at radius 1 is 1.27 bits per heavy atom. The fourth-order valence-electron chi connectivity index (χ4n) is 1.80. The van der Waals surface area contributed by atoms with E-state index < -0.39 is 11.7 Å². The van der Waals surface area contributed by atoms with Gasteiger partial charge in [-0.15, -0.1) is 0 Å². The summed E-state index contributed by atoms with van der Waals surface area (Å²) in [7, 11) is 0. The number of hydrogen-bond acceptors (Lipinski definition) is 5. The third-order valence-electron chi connectivity index (χ3n) is 2.70. The van der Waals surface area contributed by atoms with Crippen LogP contribution in [0.3, 0.4) is 0 Å². The van der Waals surface area contributed by atoms with Crippen LogP contribution in [0.4, 0.5) is 16.2 Å². The molecular weight excluding hydrogens is 282 g/mol. The van der Waals surface area contributed by atoms with Crippen LogP contribution >= 0.6 is 0 Å². The number of anilines is 2. The second-order valence-corrected chi connectivity index (χ2v) is 5.86. The standard InChI is InChI=1S/C16H27N3O3/c1-5-21-13-9-6-8-12(14(13)17)18-10-7-11-19-15(20)22-16(2,3)4/h6,8-9,18H,5,7,10-11,17H2,1-4H3,(H,19,20). The van der Waals surface area contributed by atoms with Crippen molar-refractivity contribution >= 4 is 17.5 Å². The van der Waals surface area contributed by atoms with Crippen LogP contribution in [0.25, 0.3) is 0 Å². The summed E-state index contributed by atoms with van der Waals surface area (Å²) in [5.41, 5.74) is 6.99. The fourth-order valence-corrected chi connectivity index (χ4v) is 1.80. The van der Waals surface area contributed by atoms with Gasteiger partial charge in [0.25, 0.3) is 0 Å². The Labute approximate surface area is 132 Å². The number of carbonyl (C=O) groups excluding carboxylic acids is 1. The molecule has 22 heavy (non-hydrogen) atoms. The van der Waals surface area contributed by atoms with Crippen molar-refractivity contribution in [3.05, 3.63) is 18.2 Å². The van der Waals surface area contributed by atoms with E-state index in [-0.39, 0.29) is 0 Å². The molecule has 0 unspecified atom stereocenters. The average molecular weight is 309 g/mol. The first-order valence-electron chi connectivity index (χ1n) is 7.55. The molecule has 124 valence electrons. The van der Waals surface area contributed by atoms with E-state index >= 15 is 0 Å². The molecule has 0 aliphatic heterocycles. The van der Waals surface area contributed by atoms with Crippen LogP contribution in [0.2, 0.25) is 0 Å². The number of hydrogen-bond donors (Lipinski definition) is 3. The topological polar surface area (TPSA) is 85.6 Å². The highest BCUT2D eigenvalue weighted by atomic mass is 16.6. The predicted molar refractivity (Wildman–Crippen MR) is 89.4 cm³/mol. The number of amides is 1. The number of ether oxygens (including phenoxy) is 2. The molecule has 0 spiro atoms. The SMILES string of the molecule is CCOc1cccc(NCCCNC(=O)OC(C)(C)C)c1N. The maximum absolute atomic E-state index is 11.5. The van der Waals surface area contributed by atoms with Crippen molar-refractivity contribution in [1.82, 2.24) is 5.32 Å². The Morgan fingerprint density at radius 2 is 2.00 bits per heavy atom. The average Bonchev–Trinajstić information content (AvgIpc) is 2.40. The van der Waals surface area contributed by atoms with Gasteiger partial charge >= 0.3 is 6.09 Å². The number of para-hydroxylation sites is 1. The minimum absolute atomic E-state index is 0.398. The zero-order valence-corrected chi connectivity index (χ0v) is 13.9. The van der Waals surface area contributed by atoms with Crippen molar-refractivity contribution in [3.63, 3.8) is 0 Å². The molecule has 0 radical (unpaired) electrons. The van der Waals surface area contributed by atoms with Gasteiger partial charge in [-0.2, -0.15) is 0 Å². The van der Waals surface area contributed by atoms with E-state index in [0.717, 1.165) is 12.1 Å². The first-order chi connectivity index (χ1) is 10.3. The van der Waals surface area contributed by atoms with Crippen LogP contribution in [-0.2, 0) is 4.74 Å². The first kappa shape index (κ1) is 17.9. The van der Waals surface area contributed by atoms with Gasteiger partial charge in [-0.05, 0) is 46.2 Å². The molecule has 1 rings (SSSR count). The molecule has 0 aliphatic carbocycles. The second-order valence-electron chi connectivity index (χ2n) is 5.86.